The fourth-order valence-corrected chi connectivity index (χ4v) is 3.03. The van der Waals surface area contributed by atoms with Crippen LogP contribution in [0.5, 0.6) is 0 Å². The van der Waals surface area contributed by atoms with Crippen LogP contribution in [0.15, 0.2) is 54.6 Å². The van der Waals surface area contributed by atoms with Crippen molar-refractivity contribution in [2.45, 2.75) is 26.0 Å². The zero-order valence-corrected chi connectivity index (χ0v) is 14.4. The molecule has 1 atom stereocenters. The first-order valence-corrected chi connectivity index (χ1v) is 8.41. The largest absolute Gasteiger partial charge is 0.376 e. The van der Waals surface area contributed by atoms with Crippen molar-refractivity contribution in [1.29, 1.82) is 0 Å². The fraction of sp³-hybridized carbons (Fsp3) is 0.263. The fourth-order valence-electron chi connectivity index (χ4n) is 2.66. The summed E-state index contributed by atoms with van der Waals surface area (Å²) in [5.41, 5.74) is 3.07. The van der Waals surface area contributed by atoms with Gasteiger partial charge in [-0.25, -0.2) is 0 Å². The highest BCUT2D eigenvalue weighted by atomic mass is 32.1. The van der Waals surface area contributed by atoms with Crippen LogP contribution >= 0.6 is 12.2 Å². The maximum Gasteiger partial charge on any atom is 0.255 e. The van der Waals surface area contributed by atoms with E-state index in [4.69, 9.17) is 17.0 Å². The minimum Gasteiger partial charge on any atom is -0.376 e. The van der Waals surface area contributed by atoms with E-state index >= 15 is 0 Å². The second-order valence-corrected chi connectivity index (χ2v) is 6.19. The minimum atomic E-state index is -0.275. The molecule has 0 unspecified atom stereocenters. The highest BCUT2D eigenvalue weighted by molar-refractivity contribution is 7.80. The Hall–Kier alpha value is -2.24. The summed E-state index contributed by atoms with van der Waals surface area (Å²) in [7, 11) is 0. The van der Waals surface area contributed by atoms with E-state index in [0.717, 1.165) is 17.7 Å². The first-order valence-electron chi connectivity index (χ1n) is 8.00. The third-order valence-corrected chi connectivity index (χ3v) is 4.25. The zero-order chi connectivity index (χ0) is 16.9. The van der Waals surface area contributed by atoms with Crippen molar-refractivity contribution >= 4 is 28.9 Å². The van der Waals surface area contributed by atoms with Crippen molar-refractivity contribution in [3.63, 3.8) is 0 Å². The SMILES string of the molecule is C[C@@H]1NC(=S)N(c2cccc(COCCc3ccccc3)c2)C1=O. The van der Waals surface area contributed by atoms with Crippen molar-refractivity contribution in [2.75, 3.05) is 11.5 Å². The summed E-state index contributed by atoms with van der Waals surface area (Å²) < 4.78 is 5.76. The van der Waals surface area contributed by atoms with Gasteiger partial charge in [-0.2, -0.15) is 0 Å². The van der Waals surface area contributed by atoms with E-state index in [9.17, 15) is 4.79 Å². The van der Waals surface area contributed by atoms with Gasteiger partial charge in [0.2, 0.25) is 0 Å². The van der Waals surface area contributed by atoms with Gasteiger partial charge < -0.3 is 10.1 Å². The maximum absolute atomic E-state index is 12.2. The second kappa shape index (κ2) is 7.55. The molecule has 4 nitrogen and oxygen atoms in total. The summed E-state index contributed by atoms with van der Waals surface area (Å²) >= 11 is 5.24. The molecule has 1 fully saturated rings. The molecule has 1 amide bonds. The van der Waals surface area contributed by atoms with E-state index in [2.05, 4.69) is 17.4 Å². The van der Waals surface area contributed by atoms with Gasteiger partial charge in [0, 0.05) is 0 Å². The van der Waals surface area contributed by atoms with Crippen molar-refractivity contribution in [3.05, 3.63) is 65.7 Å². The Morgan fingerprint density at radius 1 is 1.12 bits per heavy atom. The van der Waals surface area contributed by atoms with Crippen LogP contribution in [-0.4, -0.2) is 23.7 Å². The average molecular weight is 340 g/mol. The summed E-state index contributed by atoms with van der Waals surface area (Å²) in [6.07, 6.45) is 0.886. The molecule has 0 radical (unpaired) electrons. The number of anilines is 1. The van der Waals surface area contributed by atoms with Gasteiger partial charge in [0.1, 0.15) is 6.04 Å². The molecule has 1 saturated heterocycles. The van der Waals surface area contributed by atoms with Crippen molar-refractivity contribution in [2.24, 2.45) is 0 Å². The lowest BCUT2D eigenvalue weighted by atomic mass is 10.1. The van der Waals surface area contributed by atoms with Crippen molar-refractivity contribution in [3.8, 4) is 0 Å². The highest BCUT2D eigenvalue weighted by Gasteiger charge is 2.33. The standard InChI is InChI=1S/C19H20N2O2S/c1-14-18(22)21(19(24)20-14)17-9-5-8-16(12-17)13-23-11-10-15-6-3-2-4-7-15/h2-9,12,14H,10-11,13H2,1H3,(H,20,24)/t14-/m0/s1. The molecule has 5 heteroatoms. The Morgan fingerprint density at radius 2 is 1.88 bits per heavy atom. The predicted molar refractivity (Wildman–Crippen MR) is 98.9 cm³/mol. The number of hydrogen-bond acceptors (Lipinski definition) is 3. The van der Waals surface area contributed by atoms with Crippen LogP contribution in [0.2, 0.25) is 0 Å². The number of nitrogens with one attached hydrogen (secondary N) is 1. The predicted octanol–water partition coefficient (Wildman–Crippen LogP) is 3.06. The van der Waals surface area contributed by atoms with Gasteiger partial charge in [-0.05, 0) is 48.8 Å². The molecule has 2 aromatic carbocycles. The first kappa shape index (κ1) is 16.6. The van der Waals surface area contributed by atoms with Gasteiger partial charge in [-0.3, -0.25) is 9.69 Å². The monoisotopic (exact) mass is 340 g/mol. The molecule has 124 valence electrons. The molecule has 0 spiro atoms. The molecule has 1 N–H and O–H groups in total. The first-order chi connectivity index (χ1) is 11.6. The lowest BCUT2D eigenvalue weighted by molar-refractivity contribution is -0.117. The van der Waals surface area contributed by atoms with Gasteiger partial charge in [-0.15, -0.1) is 0 Å². The van der Waals surface area contributed by atoms with Crippen LogP contribution in [0.4, 0.5) is 5.69 Å². The third-order valence-electron chi connectivity index (χ3n) is 3.95. The lowest BCUT2D eigenvalue weighted by Crippen LogP contribution is -2.30. The molecule has 1 heterocycles. The molecule has 1 aliphatic heterocycles. The van der Waals surface area contributed by atoms with Gasteiger partial charge in [-0.1, -0.05) is 42.5 Å². The third kappa shape index (κ3) is 3.80. The van der Waals surface area contributed by atoms with E-state index in [1.165, 1.54) is 5.56 Å². The number of nitrogens with zero attached hydrogens (tertiary/aromatic N) is 1. The Bertz CT molecular complexity index is 733. The van der Waals surface area contributed by atoms with E-state index in [0.29, 0.717) is 18.3 Å². The second-order valence-electron chi connectivity index (χ2n) is 5.80. The number of carbonyl (C=O) groups excluding carboxylic acids is 1. The van der Waals surface area contributed by atoms with Gasteiger partial charge >= 0.3 is 0 Å². The Balaban J connectivity index is 1.58. The van der Waals surface area contributed by atoms with Crippen LogP contribution in [0.25, 0.3) is 0 Å². The van der Waals surface area contributed by atoms with Gasteiger partial charge in [0.15, 0.2) is 5.11 Å². The van der Waals surface area contributed by atoms with Crippen LogP contribution in [0.1, 0.15) is 18.1 Å². The molecule has 0 aliphatic carbocycles. The van der Waals surface area contributed by atoms with Crippen LogP contribution in [0, 0.1) is 0 Å². The van der Waals surface area contributed by atoms with Crippen LogP contribution in [-0.2, 0) is 22.6 Å². The number of ether oxygens (including phenoxy) is 1. The summed E-state index contributed by atoms with van der Waals surface area (Å²) in [6, 6.07) is 17.7. The van der Waals surface area contributed by atoms with Crippen molar-refractivity contribution < 1.29 is 9.53 Å². The van der Waals surface area contributed by atoms with Gasteiger partial charge in [0.25, 0.3) is 5.91 Å². The number of rotatable bonds is 6. The summed E-state index contributed by atoms with van der Waals surface area (Å²) in [5, 5.41) is 3.43. The average Bonchev–Trinajstić information content (AvgIpc) is 2.85. The Labute approximate surface area is 147 Å². The lowest BCUT2D eigenvalue weighted by Gasteiger charge is -2.16. The van der Waals surface area contributed by atoms with Crippen LogP contribution < -0.4 is 10.2 Å². The smallest absolute Gasteiger partial charge is 0.255 e. The normalized spacial score (nSPS) is 17.2. The van der Waals surface area contributed by atoms with Crippen LogP contribution in [0.3, 0.4) is 0 Å². The van der Waals surface area contributed by atoms with E-state index < -0.39 is 0 Å². The number of hydrogen-bond donors (Lipinski definition) is 1. The number of thiocarbonyl (C=S) groups is 1. The zero-order valence-electron chi connectivity index (χ0n) is 13.6. The number of benzene rings is 2. The molecule has 0 bridgehead atoms. The quantitative estimate of drug-likeness (QED) is 0.648. The molecular formula is C19H20N2O2S. The Morgan fingerprint density at radius 3 is 2.58 bits per heavy atom. The topological polar surface area (TPSA) is 41.6 Å². The molecule has 0 aromatic heterocycles. The van der Waals surface area contributed by atoms with Gasteiger partial charge in [0.05, 0.1) is 18.9 Å². The highest BCUT2D eigenvalue weighted by Crippen LogP contribution is 2.21. The summed E-state index contributed by atoms with van der Waals surface area (Å²) in [5.74, 6) is -0.0258. The molecule has 2 aromatic rings. The summed E-state index contributed by atoms with van der Waals surface area (Å²) in [4.78, 5) is 13.7. The molecule has 24 heavy (non-hydrogen) atoms. The van der Waals surface area contributed by atoms with E-state index in [1.807, 2.05) is 49.4 Å². The van der Waals surface area contributed by atoms with Crippen molar-refractivity contribution in [1.82, 2.24) is 5.32 Å². The molecule has 1 aliphatic rings. The maximum atomic E-state index is 12.2. The molecule has 0 saturated carbocycles. The summed E-state index contributed by atoms with van der Waals surface area (Å²) in [6.45, 7) is 2.98. The van der Waals surface area contributed by atoms with E-state index in [1.54, 1.807) is 4.90 Å². The number of amides is 1. The molecular weight excluding hydrogens is 320 g/mol. The number of carbonyl (C=O) groups is 1. The molecule has 3 rings (SSSR count). The van der Waals surface area contributed by atoms with E-state index in [-0.39, 0.29) is 11.9 Å². The Kier molecular flexibility index (Phi) is 5.23. The minimum absolute atomic E-state index is 0.0258.